The number of Topliss-reactive ketones (excluding diaryl/α,β-unsaturated/α-hetero) is 1. The number of carbonyl (C=O) groups excluding carboxylic acids is 2. The van der Waals surface area contributed by atoms with E-state index in [1.807, 2.05) is 0 Å². The van der Waals surface area contributed by atoms with E-state index in [0.29, 0.717) is 5.56 Å². The van der Waals surface area contributed by atoms with Crippen molar-refractivity contribution in [1.82, 2.24) is 24.1 Å². The molecule has 186 valence electrons. The lowest BCUT2D eigenvalue weighted by atomic mass is 10.1. The van der Waals surface area contributed by atoms with Crippen LogP contribution < -0.4 is 16.6 Å². The highest BCUT2D eigenvalue weighted by Crippen LogP contribution is 2.20. The lowest BCUT2D eigenvalue weighted by Crippen LogP contribution is -2.33. The second kappa shape index (κ2) is 9.18. The lowest BCUT2D eigenvalue weighted by Gasteiger charge is -2.14. The van der Waals surface area contributed by atoms with E-state index in [1.54, 1.807) is 26.0 Å². The molecule has 1 N–H and O–H groups in total. The first-order valence-electron chi connectivity index (χ1n) is 12.0. The quantitative estimate of drug-likeness (QED) is 0.417. The highest BCUT2D eigenvalue weighted by Gasteiger charge is 2.23. The smallest absolute Gasteiger partial charge is 0.349 e. The summed E-state index contributed by atoms with van der Waals surface area (Å²) in [6.45, 7) is 3.20. The largest absolute Gasteiger partial charge is 0.352 e. The van der Waals surface area contributed by atoms with E-state index in [2.05, 4.69) is 10.4 Å². The molecule has 10 heteroatoms. The van der Waals surface area contributed by atoms with Gasteiger partial charge < -0.3 is 5.32 Å². The van der Waals surface area contributed by atoms with Crippen LogP contribution in [0.1, 0.15) is 66.3 Å². The molecule has 0 atom stereocenters. The number of aromatic nitrogens is 4. The van der Waals surface area contributed by atoms with Gasteiger partial charge in [0.15, 0.2) is 5.78 Å². The number of ketones is 1. The average Bonchev–Trinajstić information content (AvgIpc) is 3.47. The van der Waals surface area contributed by atoms with Crippen molar-refractivity contribution in [3.05, 3.63) is 80.2 Å². The molecule has 0 bridgehead atoms. The number of nitrogens with one attached hydrogen (secondary N) is 1. The molecular weight excluding hydrogens is 465 g/mol. The van der Waals surface area contributed by atoms with Crippen LogP contribution in [0.2, 0.25) is 0 Å². The molecule has 0 unspecified atom stereocenters. The number of nitrogens with zero attached hydrogens (tertiary/aromatic N) is 4. The Morgan fingerprint density at radius 1 is 1.06 bits per heavy atom. The van der Waals surface area contributed by atoms with Gasteiger partial charge in [-0.1, -0.05) is 12.8 Å². The average molecular weight is 492 g/mol. The maximum atomic E-state index is 13.4. The standard InChI is InChI=1S/C26H26FN5O4/c1-15(2)31-24(35)20-12-9-17(23(34)28-19-5-3-4-6-19)13-21(20)32-25(31)29-30(26(32)36)14-22(33)16-7-10-18(27)11-8-16/h7-13,15,19H,3-6,14H2,1-2H3,(H,28,34). The Hall–Kier alpha value is -4.08. The first-order valence-corrected chi connectivity index (χ1v) is 12.0. The number of benzene rings is 2. The summed E-state index contributed by atoms with van der Waals surface area (Å²) in [5.74, 6) is -1.10. The van der Waals surface area contributed by atoms with E-state index >= 15 is 0 Å². The predicted molar refractivity (Wildman–Crippen MR) is 132 cm³/mol. The van der Waals surface area contributed by atoms with Gasteiger partial charge in [0.1, 0.15) is 12.4 Å². The summed E-state index contributed by atoms with van der Waals surface area (Å²) in [5.41, 5.74) is -0.154. The van der Waals surface area contributed by atoms with Crippen molar-refractivity contribution >= 4 is 28.4 Å². The molecule has 0 aliphatic heterocycles. The SMILES string of the molecule is CC(C)n1c(=O)c2ccc(C(=O)NC3CCCC3)cc2n2c(=O)n(CC(=O)c3ccc(F)cc3)nc12. The van der Waals surface area contributed by atoms with Crippen molar-refractivity contribution in [3.8, 4) is 0 Å². The molecule has 2 aromatic carbocycles. The molecule has 1 aliphatic rings. The van der Waals surface area contributed by atoms with Crippen LogP contribution in [0.4, 0.5) is 4.39 Å². The van der Waals surface area contributed by atoms with Crippen LogP contribution >= 0.6 is 0 Å². The molecule has 2 aromatic heterocycles. The minimum absolute atomic E-state index is 0.0766. The van der Waals surface area contributed by atoms with Gasteiger partial charge in [0.05, 0.1) is 10.9 Å². The van der Waals surface area contributed by atoms with Crippen molar-refractivity contribution in [2.24, 2.45) is 0 Å². The van der Waals surface area contributed by atoms with Gasteiger partial charge in [-0.3, -0.25) is 19.0 Å². The van der Waals surface area contributed by atoms with E-state index in [9.17, 15) is 23.6 Å². The third kappa shape index (κ3) is 4.12. The fraction of sp³-hybridized carbons (Fsp3) is 0.346. The Labute approximate surface area is 205 Å². The zero-order chi connectivity index (χ0) is 25.6. The number of carbonyl (C=O) groups is 2. The molecule has 4 aromatic rings. The fourth-order valence-electron chi connectivity index (χ4n) is 4.79. The maximum absolute atomic E-state index is 13.4. The molecule has 9 nitrogen and oxygen atoms in total. The monoisotopic (exact) mass is 491 g/mol. The molecule has 1 amide bonds. The first kappa shape index (κ1) is 23.7. The number of halogens is 1. The summed E-state index contributed by atoms with van der Waals surface area (Å²) in [7, 11) is 0. The topological polar surface area (TPSA) is 107 Å². The van der Waals surface area contributed by atoms with Crippen molar-refractivity contribution in [2.75, 3.05) is 0 Å². The van der Waals surface area contributed by atoms with Gasteiger partial charge in [-0.25, -0.2) is 18.3 Å². The van der Waals surface area contributed by atoms with Gasteiger partial charge in [-0.15, -0.1) is 5.10 Å². The summed E-state index contributed by atoms with van der Waals surface area (Å²) in [5, 5.41) is 7.60. The Bertz CT molecular complexity index is 1610. The number of amides is 1. The second-order valence-electron chi connectivity index (χ2n) is 9.46. The summed E-state index contributed by atoms with van der Waals surface area (Å²) in [6, 6.07) is 9.46. The molecule has 0 saturated heterocycles. The molecule has 0 spiro atoms. The van der Waals surface area contributed by atoms with Crippen LogP contribution in [-0.2, 0) is 6.54 Å². The van der Waals surface area contributed by atoms with Crippen molar-refractivity contribution in [1.29, 1.82) is 0 Å². The minimum atomic E-state index is -0.617. The molecular formula is C26H26FN5O4. The van der Waals surface area contributed by atoms with Gasteiger partial charge in [-0.2, -0.15) is 0 Å². The molecule has 36 heavy (non-hydrogen) atoms. The molecule has 0 radical (unpaired) electrons. The normalized spacial score (nSPS) is 14.2. The van der Waals surface area contributed by atoms with E-state index in [4.69, 9.17) is 0 Å². The van der Waals surface area contributed by atoms with Crippen LogP contribution in [-0.4, -0.2) is 36.5 Å². The van der Waals surface area contributed by atoms with Crippen molar-refractivity contribution < 1.29 is 14.0 Å². The summed E-state index contributed by atoms with van der Waals surface area (Å²) in [6.07, 6.45) is 4.00. The predicted octanol–water partition coefficient (Wildman–Crippen LogP) is 3.09. The lowest BCUT2D eigenvalue weighted by molar-refractivity contribution is 0.0936. The van der Waals surface area contributed by atoms with E-state index < -0.39 is 17.3 Å². The molecule has 1 aliphatic carbocycles. The van der Waals surface area contributed by atoms with Crippen LogP contribution in [0.15, 0.2) is 52.1 Å². The van der Waals surface area contributed by atoms with Crippen LogP contribution in [0, 0.1) is 5.82 Å². The Kier molecular flexibility index (Phi) is 6.03. The van der Waals surface area contributed by atoms with E-state index in [-0.39, 0.29) is 52.3 Å². The Morgan fingerprint density at radius 2 is 1.72 bits per heavy atom. The third-order valence-electron chi connectivity index (χ3n) is 6.65. The third-order valence-corrected chi connectivity index (χ3v) is 6.65. The van der Waals surface area contributed by atoms with Gasteiger partial charge in [-0.05, 0) is 69.2 Å². The molecule has 1 saturated carbocycles. The summed E-state index contributed by atoms with van der Waals surface area (Å²) < 4.78 is 16.9. The van der Waals surface area contributed by atoms with Crippen LogP contribution in [0.25, 0.3) is 16.7 Å². The fourth-order valence-corrected chi connectivity index (χ4v) is 4.79. The van der Waals surface area contributed by atoms with Gasteiger partial charge in [0, 0.05) is 23.2 Å². The Morgan fingerprint density at radius 3 is 2.39 bits per heavy atom. The second-order valence-corrected chi connectivity index (χ2v) is 9.46. The maximum Gasteiger partial charge on any atom is 0.352 e. The van der Waals surface area contributed by atoms with Gasteiger partial charge >= 0.3 is 5.69 Å². The van der Waals surface area contributed by atoms with E-state index in [1.165, 1.54) is 39.3 Å². The molecule has 2 heterocycles. The van der Waals surface area contributed by atoms with Crippen LogP contribution in [0.3, 0.4) is 0 Å². The summed E-state index contributed by atoms with van der Waals surface area (Å²) in [4.78, 5) is 52.4. The van der Waals surface area contributed by atoms with Gasteiger partial charge in [0.25, 0.3) is 11.5 Å². The van der Waals surface area contributed by atoms with Crippen LogP contribution in [0.5, 0.6) is 0 Å². The van der Waals surface area contributed by atoms with Gasteiger partial charge in [0.2, 0.25) is 5.78 Å². The summed E-state index contributed by atoms with van der Waals surface area (Å²) >= 11 is 0. The zero-order valence-corrected chi connectivity index (χ0v) is 20.0. The van der Waals surface area contributed by atoms with Crippen molar-refractivity contribution in [3.63, 3.8) is 0 Å². The number of hydrogen-bond acceptors (Lipinski definition) is 5. The number of hydrogen-bond donors (Lipinski definition) is 1. The minimum Gasteiger partial charge on any atom is -0.349 e. The Balaban J connectivity index is 1.64. The highest BCUT2D eigenvalue weighted by molar-refractivity contribution is 5.98. The zero-order valence-electron chi connectivity index (χ0n) is 20.0. The first-order chi connectivity index (χ1) is 17.2. The molecule has 1 fully saturated rings. The van der Waals surface area contributed by atoms with E-state index in [0.717, 1.165) is 30.4 Å². The number of rotatable bonds is 6. The number of fused-ring (bicyclic) bond motifs is 3. The van der Waals surface area contributed by atoms with Crippen molar-refractivity contribution in [2.45, 2.75) is 58.2 Å². The molecule has 5 rings (SSSR count). The highest BCUT2D eigenvalue weighted by atomic mass is 19.1.